The number of nitrogens with zero attached hydrogens (tertiary/aromatic N) is 1. The molecule has 2 unspecified atom stereocenters. The molecule has 1 N–H and O–H groups in total. The number of hydrogen-bond acceptors (Lipinski definition) is 8. The van der Waals surface area contributed by atoms with Gasteiger partial charge < -0.3 is 28.9 Å². The highest BCUT2D eigenvalue weighted by Crippen LogP contribution is 2.33. The molecule has 2 aromatic rings. The normalized spacial score (nSPS) is 18.9. The van der Waals surface area contributed by atoms with Gasteiger partial charge in [-0.05, 0) is 51.0 Å². The number of aliphatic hydroxyl groups is 1. The first-order valence-electron chi connectivity index (χ1n) is 11.5. The SMILES string of the molecule is COc1ccccc1COC1CN(OC(=O)OC(C)(C)C)CCC1c1ccc(OCCO)cc1. The first kappa shape index (κ1) is 25.8. The van der Waals surface area contributed by atoms with Gasteiger partial charge in [-0.1, -0.05) is 30.3 Å². The molecule has 2 atom stereocenters. The summed E-state index contributed by atoms with van der Waals surface area (Å²) in [5, 5.41) is 10.6. The lowest BCUT2D eigenvalue weighted by Crippen LogP contribution is -2.45. The van der Waals surface area contributed by atoms with Crippen LogP contribution < -0.4 is 9.47 Å². The van der Waals surface area contributed by atoms with Gasteiger partial charge in [-0.2, -0.15) is 0 Å². The summed E-state index contributed by atoms with van der Waals surface area (Å²) in [5.74, 6) is 1.57. The first-order chi connectivity index (χ1) is 16.3. The Kier molecular flexibility index (Phi) is 9.15. The number of carbonyl (C=O) groups is 1. The van der Waals surface area contributed by atoms with E-state index in [2.05, 4.69) is 0 Å². The molecule has 8 nitrogen and oxygen atoms in total. The molecule has 0 aliphatic carbocycles. The van der Waals surface area contributed by atoms with Crippen molar-refractivity contribution in [2.75, 3.05) is 33.4 Å². The Morgan fingerprint density at radius 2 is 1.85 bits per heavy atom. The van der Waals surface area contributed by atoms with Crippen molar-refractivity contribution in [3.63, 3.8) is 0 Å². The predicted octanol–water partition coefficient (Wildman–Crippen LogP) is 4.31. The van der Waals surface area contributed by atoms with Crippen LogP contribution in [-0.4, -0.2) is 61.4 Å². The molecule has 3 rings (SSSR count). The van der Waals surface area contributed by atoms with Crippen LogP contribution in [0.4, 0.5) is 4.79 Å². The van der Waals surface area contributed by atoms with Crippen LogP contribution in [0.1, 0.15) is 44.2 Å². The van der Waals surface area contributed by atoms with Crippen molar-refractivity contribution in [3.05, 3.63) is 59.7 Å². The zero-order valence-corrected chi connectivity index (χ0v) is 20.4. The summed E-state index contributed by atoms with van der Waals surface area (Å²) in [5.41, 5.74) is 1.43. The Morgan fingerprint density at radius 3 is 2.53 bits per heavy atom. The molecular weight excluding hydrogens is 438 g/mol. The van der Waals surface area contributed by atoms with E-state index in [4.69, 9.17) is 28.9 Å². The Hall–Kier alpha value is -2.81. The molecular formula is C26H35NO7. The van der Waals surface area contributed by atoms with E-state index < -0.39 is 11.8 Å². The fourth-order valence-corrected chi connectivity index (χ4v) is 3.89. The molecule has 0 amide bonds. The summed E-state index contributed by atoms with van der Waals surface area (Å²) in [4.78, 5) is 17.7. The van der Waals surface area contributed by atoms with Crippen LogP contribution in [0, 0.1) is 0 Å². The highest BCUT2D eigenvalue weighted by atomic mass is 16.8. The summed E-state index contributed by atoms with van der Waals surface area (Å²) in [7, 11) is 1.64. The number of hydrogen-bond donors (Lipinski definition) is 1. The van der Waals surface area contributed by atoms with Crippen LogP contribution in [0.25, 0.3) is 0 Å². The molecule has 1 heterocycles. The number of methoxy groups -OCH3 is 1. The molecule has 1 saturated heterocycles. The molecule has 1 aliphatic heterocycles. The van der Waals surface area contributed by atoms with Crippen molar-refractivity contribution in [2.45, 2.75) is 51.4 Å². The third-order valence-electron chi connectivity index (χ3n) is 5.43. The van der Waals surface area contributed by atoms with Gasteiger partial charge in [0.2, 0.25) is 0 Å². The van der Waals surface area contributed by atoms with E-state index >= 15 is 0 Å². The molecule has 0 radical (unpaired) electrons. The zero-order valence-electron chi connectivity index (χ0n) is 20.4. The van der Waals surface area contributed by atoms with E-state index in [0.29, 0.717) is 25.4 Å². The molecule has 8 heteroatoms. The molecule has 0 bridgehead atoms. The number of aliphatic hydroxyl groups excluding tert-OH is 1. The lowest BCUT2D eigenvalue weighted by molar-refractivity contribution is -0.179. The van der Waals surface area contributed by atoms with Gasteiger partial charge in [0.25, 0.3) is 0 Å². The van der Waals surface area contributed by atoms with Crippen molar-refractivity contribution in [2.24, 2.45) is 0 Å². The molecule has 0 aromatic heterocycles. The van der Waals surface area contributed by atoms with E-state index in [9.17, 15) is 4.79 Å². The van der Waals surface area contributed by atoms with Gasteiger partial charge in [0.1, 0.15) is 23.7 Å². The number of para-hydroxylation sites is 1. The fraction of sp³-hybridized carbons (Fsp3) is 0.500. The highest BCUT2D eigenvalue weighted by molar-refractivity contribution is 5.60. The predicted molar refractivity (Wildman–Crippen MR) is 127 cm³/mol. The number of piperidine rings is 1. The maximum atomic E-state index is 12.2. The Morgan fingerprint density at radius 1 is 1.12 bits per heavy atom. The minimum atomic E-state index is -0.722. The molecule has 1 aliphatic rings. The number of benzene rings is 2. The molecule has 0 spiro atoms. The van der Waals surface area contributed by atoms with Gasteiger partial charge in [0.15, 0.2) is 0 Å². The summed E-state index contributed by atoms with van der Waals surface area (Å²) >= 11 is 0. The van der Waals surface area contributed by atoms with Crippen LogP contribution in [0.5, 0.6) is 11.5 Å². The van der Waals surface area contributed by atoms with Gasteiger partial charge in [-0.3, -0.25) is 0 Å². The molecule has 2 aromatic carbocycles. The summed E-state index contributed by atoms with van der Waals surface area (Å²) < 4.78 is 22.6. The minimum Gasteiger partial charge on any atom is -0.496 e. The van der Waals surface area contributed by atoms with Crippen molar-refractivity contribution >= 4 is 6.16 Å². The van der Waals surface area contributed by atoms with E-state index in [1.165, 1.54) is 0 Å². The van der Waals surface area contributed by atoms with Gasteiger partial charge in [0.05, 0.1) is 33.0 Å². The van der Waals surface area contributed by atoms with Crippen LogP contribution in [0.15, 0.2) is 48.5 Å². The van der Waals surface area contributed by atoms with Crippen molar-refractivity contribution in [1.29, 1.82) is 0 Å². The van der Waals surface area contributed by atoms with Crippen LogP contribution >= 0.6 is 0 Å². The smallest absolute Gasteiger partial charge is 0.496 e. The average molecular weight is 474 g/mol. The summed E-state index contributed by atoms with van der Waals surface area (Å²) in [6.45, 7) is 6.95. The minimum absolute atomic E-state index is 0.0310. The van der Waals surface area contributed by atoms with E-state index in [0.717, 1.165) is 23.3 Å². The largest absolute Gasteiger partial charge is 0.528 e. The molecule has 34 heavy (non-hydrogen) atoms. The fourth-order valence-electron chi connectivity index (χ4n) is 3.89. The molecule has 0 saturated carbocycles. The van der Waals surface area contributed by atoms with Crippen molar-refractivity contribution < 1.29 is 33.7 Å². The Balaban J connectivity index is 1.72. The van der Waals surface area contributed by atoms with Crippen molar-refractivity contribution in [3.8, 4) is 11.5 Å². The second-order valence-corrected chi connectivity index (χ2v) is 9.14. The van der Waals surface area contributed by atoms with E-state index in [-0.39, 0.29) is 25.2 Å². The molecule has 1 fully saturated rings. The zero-order chi connectivity index (χ0) is 24.6. The molecule has 186 valence electrons. The summed E-state index contributed by atoms with van der Waals surface area (Å²) in [6.07, 6.45) is -0.221. The number of ether oxygens (including phenoxy) is 4. The van der Waals surface area contributed by atoms with Gasteiger partial charge in [0, 0.05) is 18.0 Å². The topological polar surface area (TPSA) is 86.7 Å². The maximum absolute atomic E-state index is 12.2. The Bertz CT molecular complexity index is 910. The van der Waals surface area contributed by atoms with Crippen LogP contribution in [-0.2, 0) is 20.9 Å². The number of rotatable bonds is 9. The lowest BCUT2D eigenvalue weighted by atomic mass is 9.87. The van der Waals surface area contributed by atoms with E-state index in [1.807, 2.05) is 48.5 Å². The van der Waals surface area contributed by atoms with Gasteiger partial charge in [-0.15, -0.1) is 5.06 Å². The van der Waals surface area contributed by atoms with Crippen LogP contribution in [0.3, 0.4) is 0 Å². The third kappa shape index (κ3) is 7.62. The number of carbonyl (C=O) groups excluding carboxylic acids is 1. The highest BCUT2D eigenvalue weighted by Gasteiger charge is 2.34. The first-order valence-corrected chi connectivity index (χ1v) is 11.5. The second-order valence-electron chi connectivity index (χ2n) is 9.14. The quantitative estimate of drug-likeness (QED) is 0.539. The van der Waals surface area contributed by atoms with Crippen LogP contribution in [0.2, 0.25) is 0 Å². The second kappa shape index (κ2) is 12.1. The Labute approximate surface area is 201 Å². The van der Waals surface area contributed by atoms with Gasteiger partial charge in [-0.25, -0.2) is 4.79 Å². The average Bonchev–Trinajstić information content (AvgIpc) is 2.81. The standard InChI is InChI=1S/C26H35NO7/c1-26(2,3)33-25(29)34-27-14-13-22(19-9-11-21(12-10-19)31-16-15-28)24(17-27)32-18-20-7-5-6-8-23(20)30-4/h5-12,22,24,28H,13-18H2,1-4H3. The van der Waals surface area contributed by atoms with Crippen molar-refractivity contribution in [1.82, 2.24) is 5.06 Å². The number of hydroxylamine groups is 2. The third-order valence-corrected chi connectivity index (χ3v) is 5.43. The van der Waals surface area contributed by atoms with Gasteiger partial charge >= 0.3 is 6.16 Å². The van der Waals surface area contributed by atoms with E-state index in [1.54, 1.807) is 32.9 Å². The lowest BCUT2D eigenvalue weighted by Gasteiger charge is -2.37. The summed E-state index contributed by atoms with van der Waals surface area (Å²) in [6, 6.07) is 15.6. The maximum Gasteiger partial charge on any atom is 0.528 e. The monoisotopic (exact) mass is 473 g/mol.